The molecule has 0 saturated carbocycles. The van der Waals surface area contributed by atoms with Gasteiger partial charge in [-0.15, -0.1) is 0 Å². The number of amides is 1. The van der Waals surface area contributed by atoms with E-state index in [0.717, 1.165) is 19.5 Å². The maximum atomic E-state index is 12.1. The molecule has 0 aromatic rings. The van der Waals surface area contributed by atoms with Crippen LogP contribution in [0.15, 0.2) is 0 Å². The molecule has 0 N–H and O–H groups in total. The van der Waals surface area contributed by atoms with Gasteiger partial charge in [-0.1, -0.05) is 103 Å². The van der Waals surface area contributed by atoms with Gasteiger partial charge in [-0.2, -0.15) is 0 Å². The standard InChI is InChI=1S/C26H51NO2/c1-5-6-7-8-9-10-11-12-13-14-15-16-17-18-19-20-24-21-22-27(23-24)25(28)29-26(2,3)4/h24H,5-23H2,1-4H3. The third-order valence-electron chi connectivity index (χ3n) is 6.15. The van der Waals surface area contributed by atoms with Gasteiger partial charge in [0.05, 0.1) is 0 Å². The van der Waals surface area contributed by atoms with Crippen LogP contribution in [0, 0.1) is 5.92 Å². The van der Waals surface area contributed by atoms with Crippen molar-refractivity contribution in [3.05, 3.63) is 0 Å². The van der Waals surface area contributed by atoms with Crippen molar-refractivity contribution < 1.29 is 9.53 Å². The summed E-state index contributed by atoms with van der Waals surface area (Å²) in [6, 6.07) is 0. The number of hydrogen-bond acceptors (Lipinski definition) is 2. The summed E-state index contributed by atoms with van der Waals surface area (Å²) in [6.45, 7) is 9.87. The van der Waals surface area contributed by atoms with E-state index in [2.05, 4.69) is 6.92 Å². The molecule has 1 aliphatic rings. The summed E-state index contributed by atoms with van der Waals surface area (Å²) in [5, 5.41) is 0. The predicted octanol–water partition coefficient (Wildman–Crippen LogP) is 8.50. The lowest BCUT2D eigenvalue weighted by Gasteiger charge is -2.24. The van der Waals surface area contributed by atoms with E-state index in [4.69, 9.17) is 4.74 Å². The van der Waals surface area contributed by atoms with Gasteiger partial charge in [0.25, 0.3) is 0 Å². The van der Waals surface area contributed by atoms with Gasteiger partial charge < -0.3 is 9.64 Å². The predicted molar refractivity (Wildman–Crippen MR) is 125 cm³/mol. The number of carbonyl (C=O) groups excluding carboxylic acids is 1. The summed E-state index contributed by atoms with van der Waals surface area (Å²) >= 11 is 0. The lowest BCUT2D eigenvalue weighted by molar-refractivity contribution is 0.0287. The topological polar surface area (TPSA) is 29.5 Å². The Balaban J connectivity index is 1.84. The van der Waals surface area contributed by atoms with Gasteiger partial charge in [0.2, 0.25) is 0 Å². The van der Waals surface area contributed by atoms with E-state index >= 15 is 0 Å². The number of hydrogen-bond donors (Lipinski definition) is 0. The van der Waals surface area contributed by atoms with Crippen LogP contribution in [0.25, 0.3) is 0 Å². The molecule has 1 atom stereocenters. The number of nitrogens with zero attached hydrogens (tertiary/aromatic N) is 1. The molecule has 1 heterocycles. The Bertz CT molecular complexity index is 402. The molecule has 0 bridgehead atoms. The van der Waals surface area contributed by atoms with Crippen LogP contribution >= 0.6 is 0 Å². The van der Waals surface area contributed by atoms with Crippen LogP contribution in [-0.2, 0) is 4.74 Å². The first kappa shape index (κ1) is 26.3. The minimum Gasteiger partial charge on any atom is -0.444 e. The third-order valence-corrected chi connectivity index (χ3v) is 6.15. The Labute approximate surface area is 182 Å². The molecular weight excluding hydrogens is 358 g/mol. The Morgan fingerprint density at radius 1 is 0.793 bits per heavy atom. The van der Waals surface area contributed by atoms with Gasteiger partial charge in [0, 0.05) is 13.1 Å². The minimum atomic E-state index is -0.386. The zero-order valence-corrected chi connectivity index (χ0v) is 20.3. The first-order chi connectivity index (χ1) is 13.9. The molecule has 1 aliphatic heterocycles. The molecule has 1 amide bonds. The van der Waals surface area contributed by atoms with Gasteiger partial charge in [0.1, 0.15) is 5.60 Å². The summed E-state index contributed by atoms with van der Waals surface area (Å²) in [5.74, 6) is 0.685. The molecule has 3 nitrogen and oxygen atoms in total. The Kier molecular flexibility index (Phi) is 14.5. The monoisotopic (exact) mass is 409 g/mol. The Morgan fingerprint density at radius 3 is 1.69 bits per heavy atom. The van der Waals surface area contributed by atoms with Crippen molar-refractivity contribution in [1.29, 1.82) is 0 Å². The van der Waals surface area contributed by atoms with Crippen LogP contribution in [0.4, 0.5) is 4.79 Å². The highest BCUT2D eigenvalue weighted by Crippen LogP contribution is 2.24. The van der Waals surface area contributed by atoms with Crippen LogP contribution in [0.2, 0.25) is 0 Å². The van der Waals surface area contributed by atoms with Gasteiger partial charge in [-0.25, -0.2) is 4.79 Å². The van der Waals surface area contributed by atoms with E-state index in [9.17, 15) is 4.79 Å². The second kappa shape index (κ2) is 16.0. The molecule has 3 heteroatoms. The molecule has 0 aromatic heterocycles. The molecule has 1 fully saturated rings. The number of rotatable bonds is 16. The first-order valence-electron chi connectivity index (χ1n) is 12.9. The van der Waals surface area contributed by atoms with Crippen molar-refractivity contribution in [2.24, 2.45) is 5.92 Å². The molecule has 172 valence electrons. The second-order valence-corrected chi connectivity index (χ2v) is 10.3. The number of carbonyl (C=O) groups is 1. The van der Waals surface area contributed by atoms with Crippen LogP contribution in [0.3, 0.4) is 0 Å². The van der Waals surface area contributed by atoms with E-state index in [1.807, 2.05) is 25.7 Å². The maximum absolute atomic E-state index is 12.1. The zero-order valence-electron chi connectivity index (χ0n) is 20.3. The highest BCUT2D eigenvalue weighted by atomic mass is 16.6. The maximum Gasteiger partial charge on any atom is 0.410 e. The Hall–Kier alpha value is -0.730. The Morgan fingerprint density at radius 2 is 1.24 bits per heavy atom. The van der Waals surface area contributed by atoms with E-state index in [-0.39, 0.29) is 11.7 Å². The molecule has 0 spiro atoms. The SMILES string of the molecule is CCCCCCCCCCCCCCCCCC1CCN(C(=O)OC(C)(C)C)C1. The molecule has 0 aromatic carbocycles. The van der Waals surface area contributed by atoms with Gasteiger partial charge in [0.15, 0.2) is 0 Å². The summed E-state index contributed by atoms with van der Waals surface area (Å²) < 4.78 is 5.49. The summed E-state index contributed by atoms with van der Waals surface area (Å²) in [4.78, 5) is 14.0. The molecule has 1 unspecified atom stereocenters. The third kappa shape index (κ3) is 14.8. The van der Waals surface area contributed by atoms with Crippen molar-refractivity contribution >= 4 is 6.09 Å². The number of unbranched alkanes of at least 4 members (excludes halogenated alkanes) is 14. The number of likely N-dealkylation sites (tertiary alicyclic amines) is 1. The lowest BCUT2D eigenvalue weighted by Crippen LogP contribution is -2.35. The zero-order chi connectivity index (χ0) is 21.4. The second-order valence-electron chi connectivity index (χ2n) is 10.3. The van der Waals surface area contributed by atoms with Crippen LogP contribution < -0.4 is 0 Å². The molecule has 1 rings (SSSR count). The van der Waals surface area contributed by atoms with Crippen molar-refractivity contribution in [2.75, 3.05) is 13.1 Å². The summed E-state index contributed by atoms with van der Waals surface area (Å²) in [6.07, 6.45) is 23.6. The average molecular weight is 410 g/mol. The van der Waals surface area contributed by atoms with Crippen LogP contribution in [-0.4, -0.2) is 29.7 Å². The van der Waals surface area contributed by atoms with Gasteiger partial charge in [-0.3, -0.25) is 0 Å². The van der Waals surface area contributed by atoms with Crippen molar-refractivity contribution in [3.63, 3.8) is 0 Å². The molecule has 1 saturated heterocycles. The van der Waals surface area contributed by atoms with Crippen LogP contribution in [0.5, 0.6) is 0 Å². The van der Waals surface area contributed by atoms with E-state index in [1.54, 1.807) is 0 Å². The highest BCUT2D eigenvalue weighted by molar-refractivity contribution is 5.68. The molecule has 29 heavy (non-hydrogen) atoms. The normalized spacial score (nSPS) is 17.1. The fraction of sp³-hybridized carbons (Fsp3) is 0.962. The fourth-order valence-electron chi connectivity index (χ4n) is 4.36. The quantitative estimate of drug-likeness (QED) is 0.239. The lowest BCUT2D eigenvalue weighted by atomic mass is 9.99. The largest absolute Gasteiger partial charge is 0.444 e. The first-order valence-corrected chi connectivity index (χ1v) is 12.9. The average Bonchev–Trinajstić information content (AvgIpc) is 3.13. The smallest absolute Gasteiger partial charge is 0.410 e. The molecule has 0 radical (unpaired) electrons. The molecular formula is C26H51NO2. The van der Waals surface area contributed by atoms with E-state index < -0.39 is 0 Å². The van der Waals surface area contributed by atoms with Crippen molar-refractivity contribution in [1.82, 2.24) is 4.90 Å². The van der Waals surface area contributed by atoms with Crippen molar-refractivity contribution in [3.8, 4) is 0 Å². The fourth-order valence-corrected chi connectivity index (χ4v) is 4.36. The van der Waals surface area contributed by atoms with E-state index in [0.29, 0.717) is 5.92 Å². The summed E-state index contributed by atoms with van der Waals surface area (Å²) in [5.41, 5.74) is -0.386. The van der Waals surface area contributed by atoms with Crippen LogP contribution in [0.1, 0.15) is 137 Å². The highest BCUT2D eigenvalue weighted by Gasteiger charge is 2.29. The minimum absolute atomic E-state index is 0.128. The summed E-state index contributed by atoms with van der Waals surface area (Å²) in [7, 11) is 0. The van der Waals surface area contributed by atoms with E-state index in [1.165, 1.54) is 103 Å². The van der Waals surface area contributed by atoms with Crippen molar-refractivity contribution in [2.45, 2.75) is 142 Å². The number of ether oxygens (including phenoxy) is 1. The van der Waals surface area contributed by atoms with Gasteiger partial charge >= 0.3 is 6.09 Å². The molecule has 0 aliphatic carbocycles. The van der Waals surface area contributed by atoms with Gasteiger partial charge in [-0.05, 0) is 39.5 Å².